The zero-order valence-corrected chi connectivity index (χ0v) is 14.7. The summed E-state index contributed by atoms with van der Waals surface area (Å²) in [5.74, 6) is 0.574. The Bertz CT molecular complexity index is 784. The van der Waals surface area contributed by atoms with Gasteiger partial charge in [-0.2, -0.15) is 5.10 Å². The van der Waals surface area contributed by atoms with E-state index in [4.69, 9.17) is 4.42 Å². The van der Waals surface area contributed by atoms with Crippen molar-refractivity contribution in [2.75, 3.05) is 19.0 Å². The third kappa shape index (κ3) is 4.12. The predicted molar refractivity (Wildman–Crippen MR) is 94.7 cm³/mol. The molecule has 0 fully saturated rings. The second-order valence-electron chi connectivity index (χ2n) is 5.50. The van der Waals surface area contributed by atoms with E-state index in [1.807, 2.05) is 48.2 Å². The first-order valence-corrected chi connectivity index (χ1v) is 7.44. The molecule has 3 rings (SSSR count). The summed E-state index contributed by atoms with van der Waals surface area (Å²) in [6.45, 7) is 3.28. The molecule has 0 aliphatic heterocycles. The molecule has 2 heterocycles. The van der Waals surface area contributed by atoms with E-state index in [-0.39, 0.29) is 12.4 Å². The summed E-state index contributed by atoms with van der Waals surface area (Å²) >= 11 is 0. The molecule has 1 aromatic carbocycles. The highest BCUT2D eigenvalue weighted by Gasteiger charge is 2.12. The molecule has 0 aliphatic rings. The van der Waals surface area contributed by atoms with Crippen LogP contribution in [0.1, 0.15) is 17.0 Å². The van der Waals surface area contributed by atoms with Crippen LogP contribution < -0.4 is 10.2 Å². The highest BCUT2D eigenvalue weighted by molar-refractivity contribution is 5.85. The van der Waals surface area contributed by atoms with Gasteiger partial charge in [0.2, 0.25) is 5.89 Å². The minimum absolute atomic E-state index is 0. The molecule has 0 atom stereocenters. The van der Waals surface area contributed by atoms with Gasteiger partial charge < -0.3 is 14.6 Å². The van der Waals surface area contributed by atoms with Crippen LogP contribution in [0.5, 0.6) is 0 Å². The van der Waals surface area contributed by atoms with Gasteiger partial charge in [0.15, 0.2) is 0 Å². The minimum Gasteiger partial charge on any atom is -0.407 e. The fourth-order valence-electron chi connectivity index (χ4n) is 2.32. The molecule has 0 spiro atoms. The van der Waals surface area contributed by atoms with Gasteiger partial charge in [0.25, 0.3) is 0 Å². The molecule has 8 heteroatoms. The number of halogens is 1. The van der Waals surface area contributed by atoms with Crippen LogP contribution in [0, 0.1) is 6.92 Å². The molecule has 0 amide bonds. The van der Waals surface area contributed by atoms with Crippen LogP contribution in [0.15, 0.2) is 41.1 Å². The van der Waals surface area contributed by atoms with E-state index in [2.05, 4.69) is 39.7 Å². The Morgan fingerprint density at radius 1 is 1.29 bits per heavy atom. The topological polar surface area (TPSA) is 72.0 Å². The lowest BCUT2D eigenvalue weighted by Gasteiger charge is -2.11. The van der Waals surface area contributed by atoms with Crippen LogP contribution in [-0.2, 0) is 13.1 Å². The molecular weight excluding hydrogens is 328 g/mol. The van der Waals surface area contributed by atoms with Crippen molar-refractivity contribution in [3.63, 3.8) is 0 Å². The van der Waals surface area contributed by atoms with E-state index >= 15 is 0 Å². The highest BCUT2D eigenvalue weighted by atomic mass is 35.5. The third-order valence-corrected chi connectivity index (χ3v) is 3.43. The lowest BCUT2D eigenvalue weighted by Crippen LogP contribution is -2.16. The van der Waals surface area contributed by atoms with Crippen LogP contribution in [0.3, 0.4) is 0 Å². The Morgan fingerprint density at radius 3 is 2.88 bits per heavy atom. The predicted octanol–water partition coefficient (Wildman–Crippen LogP) is 2.34. The number of nitrogens with zero attached hydrogens (tertiary/aromatic N) is 5. The van der Waals surface area contributed by atoms with Gasteiger partial charge in [-0.15, -0.1) is 17.5 Å². The molecule has 24 heavy (non-hydrogen) atoms. The number of rotatable bonds is 6. The van der Waals surface area contributed by atoms with Crippen molar-refractivity contribution in [3.8, 4) is 5.69 Å². The lowest BCUT2D eigenvalue weighted by molar-refractivity contribution is 0.475. The average Bonchev–Trinajstić information content (AvgIpc) is 3.17. The van der Waals surface area contributed by atoms with Gasteiger partial charge in [-0.25, -0.2) is 4.68 Å². The maximum atomic E-state index is 5.58. The van der Waals surface area contributed by atoms with Crippen LogP contribution in [-0.4, -0.2) is 34.1 Å². The highest BCUT2D eigenvalue weighted by Crippen LogP contribution is 2.15. The smallest absolute Gasteiger partial charge is 0.318 e. The van der Waals surface area contributed by atoms with Crippen molar-refractivity contribution in [1.82, 2.24) is 25.3 Å². The Kier molecular flexibility index (Phi) is 5.94. The van der Waals surface area contributed by atoms with Gasteiger partial charge in [-0.1, -0.05) is 17.2 Å². The molecular formula is C16H21ClN6O. The molecule has 7 nitrogen and oxygen atoms in total. The standard InChI is InChI=1S/C16H20N6O.ClH/c1-12-5-4-6-14(7-12)22-11-13(8-18-22)10-21(3)16-20-19-15(23-16)9-17-2;/h4-8,11,17H,9-10H2,1-3H3;1H. The zero-order valence-electron chi connectivity index (χ0n) is 13.9. The molecule has 128 valence electrons. The fourth-order valence-corrected chi connectivity index (χ4v) is 2.32. The first-order valence-electron chi connectivity index (χ1n) is 7.44. The normalized spacial score (nSPS) is 10.5. The molecule has 3 aromatic rings. The SMILES string of the molecule is CNCc1nnc(N(C)Cc2cnn(-c3cccc(C)c3)c2)o1.Cl. The van der Waals surface area contributed by atoms with Gasteiger partial charge in [0, 0.05) is 18.8 Å². The summed E-state index contributed by atoms with van der Waals surface area (Å²) in [4.78, 5) is 1.91. The van der Waals surface area contributed by atoms with Gasteiger partial charge in [0.1, 0.15) is 0 Å². The van der Waals surface area contributed by atoms with Gasteiger partial charge in [0.05, 0.1) is 25.0 Å². The van der Waals surface area contributed by atoms with Crippen molar-refractivity contribution < 1.29 is 4.42 Å². The van der Waals surface area contributed by atoms with Gasteiger partial charge in [-0.3, -0.25) is 0 Å². The van der Waals surface area contributed by atoms with Crippen LogP contribution in [0.4, 0.5) is 6.01 Å². The quantitative estimate of drug-likeness (QED) is 0.737. The summed E-state index contributed by atoms with van der Waals surface area (Å²) in [6.07, 6.45) is 3.86. The summed E-state index contributed by atoms with van der Waals surface area (Å²) < 4.78 is 7.45. The van der Waals surface area contributed by atoms with Crippen molar-refractivity contribution in [2.24, 2.45) is 0 Å². The Morgan fingerprint density at radius 2 is 2.12 bits per heavy atom. The Labute approximate surface area is 147 Å². The van der Waals surface area contributed by atoms with E-state index in [0.717, 1.165) is 11.3 Å². The fraction of sp³-hybridized carbons (Fsp3) is 0.312. The Balaban J connectivity index is 0.00000208. The maximum Gasteiger partial charge on any atom is 0.318 e. The molecule has 1 N–H and O–H groups in total. The molecule has 0 aliphatic carbocycles. The van der Waals surface area contributed by atoms with Crippen LogP contribution in [0.2, 0.25) is 0 Å². The number of benzene rings is 1. The number of aryl methyl sites for hydroxylation is 1. The average molecular weight is 349 g/mol. The molecule has 0 bridgehead atoms. The van der Waals surface area contributed by atoms with Crippen LogP contribution >= 0.6 is 12.4 Å². The number of aromatic nitrogens is 4. The molecule has 0 radical (unpaired) electrons. The summed E-state index contributed by atoms with van der Waals surface area (Å²) in [7, 11) is 3.76. The molecule has 2 aromatic heterocycles. The largest absolute Gasteiger partial charge is 0.407 e. The van der Waals surface area contributed by atoms with E-state index in [1.54, 1.807) is 0 Å². The summed E-state index contributed by atoms with van der Waals surface area (Å²) in [6, 6.07) is 8.73. The maximum absolute atomic E-state index is 5.58. The second-order valence-corrected chi connectivity index (χ2v) is 5.50. The summed E-state index contributed by atoms with van der Waals surface area (Å²) in [5, 5.41) is 15.4. The molecule has 0 saturated heterocycles. The van der Waals surface area contributed by atoms with Crippen molar-refractivity contribution >= 4 is 18.4 Å². The van der Waals surface area contributed by atoms with E-state index in [9.17, 15) is 0 Å². The third-order valence-electron chi connectivity index (χ3n) is 3.43. The zero-order chi connectivity index (χ0) is 16.2. The molecule has 0 unspecified atom stereocenters. The second kappa shape index (κ2) is 7.94. The first kappa shape index (κ1) is 18.0. The van der Waals surface area contributed by atoms with E-state index in [0.29, 0.717) is 25.0 Å². The number of nitrogens with one attached hydrogen (secondary N) is 1. The number of anilines is 1. The molecule has 0 saturated carbocycles. The summed E-state index contributed by atoms with van der Waals surface area (Å²) in [5.41, 5.74) is 3.33. The van der Waals surface area contributed by atoms with Crippen molar-refractivity contribution in [2.45, 2.75) is 20.0 Å². The van der Waals surface area contributed by atoms with Crippen molar-refractivity contribution in [3.05, 3.63) is 53.7 Å². The van der Waals surface area contributed by atoms with Crippen molar-refractivity contribution in [1.29, 1.82) is 0 Å². The first-order chi connectivity index (χ1) is 11.2. The van der Waals surface area contributed by atoms with Gasteiger partial charge in [-0.05, 0) is 31.7 Å². The van der Waals surface area contributed by atoms with Crippen LogP contribution in [0.25, 0.3) is 5.69 Å². The Hall–Kier alpha value is -2.38. The van der Waals surface area contributed by atoms with E-state index < -0.39 is 0 Å². The van der Waals surface area contributed by atoms with Gasteiger partial charge >= 0.3 is 6.01 Å². The number of hydrogen-bond donors (Lipinski definition) is 1. The monoisotopic (exact) mass is 348 g/mol. The lowest BCUT2D eigenvalue weighted by atomic mass is 10.2. The number of hydrogen-bond acceptors (Lipinski definition) is 6. The van der Waals surface area contributed by atoms with E-state index in [1.165, 1.54) is 5.56 Å². The minimum atomic E-state index is 0.